The minimum atomic E-state index is -0.576. The third kappa shape index (κ3) is 3.53. The summed E-state index contributed by atoms with van der Waals surface area (Å²) < 4.78 is 4.85. The van der Waals surface area contributed by atoms with Gasteiger partial charge in [-0.1, -0.05) is 32.9 Å². The van der Waals surface area contributed by atoms with Crippen LogP contribution in [0, 0.1) is 12.3 Å². The fourth-order valence-electron chi connectivity index (χ4n) is 2.39. The van der Waals surface area contributed by atoms with Crippen LogP contribution in [0.3, 0.4) is 0 Å². The number of carbonyl (C=O) groups excluding carboxylic acids is 1. The van der Waals surface area contributed by atoms with Crippen molar-refractivity contribution in [3.05, 3.63) is 28.8 Å². The molecule has 0 aliphatic rings. The van der Waals surface area contributed by atoms with Crippen LogP contribution < -0.4 is 0 Å². The standard InChI is InChI=1S/C17H26O3/c1-11-8-12(10-17(5,6)15(19)20-7)9-13(14(11)18)16(2,3)4/h8-9,18H,10H2,1-7H3. The third-order valence-corrected chi connectivity index (χ3v) is 3.55. The van der Waals surface area contributed by atoms with E-state index in [0.717, 1.165) is 16.7 Å². The molecule has 20 heavy (non-hydrogen) atoms. The summed E-state index contributed by atoms with van der Waals surface area (Å²) in [5.41, 5.74) is 2.08. The van der Waals surface area contributed by atoms with Crippen LogP contribution in [-0.4, -0.2) is 18.2 Å². The number of aryl methyl sites for hydroxylation is 1. The average Bonchev–Trinajstić information content (AvgIpc) is 2.30. The molecule has 0 fully saturated rings. The Kier molecular flexibility index (Phi) is 4.52. The monoisotopic (exact) mass is 278 g/mol. The molecule has 0 heterocycles. The summed E-state index contributed by atoms with van der Waals surface area (Å²) >= 11 is 0. The van der Waals surface area contributed by atoms with Gasteiger partial charge in [0.05, 0.1) is 12.5 Å². The van der Waals surface area contributed by atoms with Crippen molar-refractivity contribution >= 4 is 5.97 Å². The fourth-order valence-corrected chi connectivity index (χ4v) is 2.39. The Labute approximate surface area is 122 Å². The van der Waals surface area contributed by atoms with Gasteiger partial charge in [0.15, 0.2) is 0 Å². The maximum Gasteiger partial charge on any atom is 0.311 e. The highest BCUT2D eigenvalue weighted by molar-refractivity contribution is 5.76. The van der Waals surface area contributed by atoms with Gasteiger partial charge < -0.3 is 9.84 Å². The fraction of sp³-hybridized carbons (Fsp3) is 0.588. The molecule has 0 saturated heterocycles. The molecule has 112 valence electrons. The maximum absolute atomic E-state index is 11.8. The summed E-state index contributed by atoms with van der Waals surface area (Å²) in [6.45, 7) is 11.8. The van der Waals surface area contributed by atoms with Gasteiger partial charge in [-0.25, -0.2) is 0 Å². The molecule has 0 bridgehead atoms. The van der Waals surface area contributed by atoms with Crippen LogP contribution >= 0.6 is 0 Å². The third-order valence-electron chi connectivity index (χ3n) is 3.55. The van der Waals surface area contributed by atoms with Gasteiger partial charge in [0.1, 0.15) is 5.75 Å². The van der Waals surface area contributed by atoms with Crippen molar-refractivity contribution in [2.75, 3.05) is 7.11 Å². The molecule has 0 radical (unpaired) electrons. The van der Waals surface area contributed by atoms with E-state index in [0.29, 0.717) is 12.2 Å². The molecule has 0 aliphatic heterocycles. The minimum Gasteiger partial charge on any atom is -0.507 e. The SMILES string of the molecule is COC(=O)C(C)(C)Cc1cc(C)c(O)c(C(C)(C)C)c1. The lowest BCUT2D eigenvalue weighted by Gasteiger charge is -2.25. The number of ether oxygens (including phenoxy) is 1. The molecule has 0 aromatic heterocycles. The number of hydrogen-bond acceptors (Lipinski definition) is 3. The summed E-state index contributed by atoms with van der Waals surface area (Å²) in [5, 5.41) is 10.2. The molecule has 0 spiro atoms. The van der Waals surface area contributed by atoms with E-state index >= 15 is 0 Å². The predicted octanol–water partition coefficient (Wildman–Crippen LogP) is 3.74. The second kappa shape index (κ2) is 5.47. The number of phenolic OH excluding ortho intramolecular Hbond substituents is 1. The predicted molar refractivity (Wildman–Crippen MR) is 81.0 cm³/mol. The van der Waals surface area contributed by atoms with E-state index in [1.165, 1.54) is 7.11 Å². The minimum absolute atomic E-state index is 0.139. The number of rotatable bonds is 3. The van der Waals surface area contributed by atoms with Crippen molar-refractivity contribution in [2.45, 2.75) is 53.4 Å². The molecule has 1 aromatic rings. The van der Waals surface area contributed by atoms with E-state index in [9.17, 15) is 9.90 Å². The van der Waals surface area contributed by atoms with Crippen LogP contribution in [0.4, 0.5) is 0 Å². The number of benzene rings is 1. The van der Waals surface area contributed by atoms with Crippen molar-refractivity contribution < 1.29 is 14.6 Å². The molecular formula is C17H26O3. The lowest BCUT2D eigenvalue weighted by molar-refractivity contribution is -0.150. The van der Waals surface area contributed by atoms with Gasteiger partial charge in [0, 0.05) is 0 Å². The Balaban J connectivity index is 3.22. The molecular weight excluding hydrogens is 252 g/mol. The summed E-state index contributed by atoms with van der Waals surface area (Å²) in [6, 6.07) is 3.93. The number of phenols is 1. The summed E-state index contributed by atoms with van der Waals surface area (Å²) in [6.07, 6.45) is 0.587. The van der Waals surface area contributed by atoms with Crippen LogP contribution in [0.25, 0.3) is 0 Å². The van der Waals surface area contributed by atoms with Crippen molar-refractivity contribution in [1.29, 1.82) is 0 Å². The van der Waals surface area contributed by atoms with Crippen LogP contribution in [0.2, 0.25) is 0 Å². The Morgan fingerprint density at radius 1 is 1.20 bits per heavy atom. The Morgan fingerprint density at radius 2 is 1.75 bits per heavy atom. The van der Waals surface area contributed by atoms with E-state index in [1.54, 1.807) is 0 Å². The number of esters is 1. The molecule has 0 saturated carbocycles. The van der Waals surface area contributed by atoms with E-state index in [4.69, 9.17) is 4.74 Å². The lowest BCUT2D eigenvalue weighted by atomic mass is 9.80. The second-order valence-electron chi connectivity index (χ2n) is 7.11. The molecule has 0 aliphatic carbocycles. The van der Waals surface area contributed by atoms with Crippen molar-refractivity contribution in [2.24, 2.45) is 5.41 Å². The first-order valence-electron chi connectivity index (χ1n) is 6.90. The van der Waals surface area contributed by atoms with Crippen molar-refractivity contribution in [3.63, 3.8) is 0 Å². The lowest BCUT2D eigenvalue weighted by Crippen LogP contribution is -2.28. The molecule has 1 rings (SSSR count). The normalized spacial score (nSPS) is 12.3. The van der Waals surface area contributed by atoms with Gasteiger partial charge in [-0.15, -0.1) is 0 Å². The highest BCUT2D eigenvalue weighted by Crippen LogP contribution is 2.35. The Morgan fingerprint density at radius 3 is 2.20 bits per heavy atom. The average molecular weight is 278 g/mol. The van der Waals surface area contributed by atoms with E-state index < -0.39 is 5.41 Å². The van der Waals surface area contributed by atoms with Crippen LogP contribution in [-0.2, 0) is 21.4 Å². The van der Waals surface area contributed by atoms with Gasteiger partial charge in [-0.2, -0.15) is 0 Å². The summed E-state index contributed by atoms with van der Waals surface area (Å²) in [4.78, 5) is 11.8. The number of hydrogen-bond donors (Lipinski definition) is 1. The van der Waals surface area contributed by atoms with E-state index in [2.05, 4.69) is 20.8 Å². The molecule has 1 aromatic carbocycles. The molecule has 0 atom stereocenters. The smallest absolute Gasteiger partial charge is 0.311 e. The number of aromatic hydroxyl groups is 1. The molecule has 3 nitrogen and oxygen atoms in total. The first-order valence-corrected chi connectivity index (χ1v) is 6.90. The highest BCUT2D eigenvalue weighted by Gasteiger charge is 2.30. The van der Waals surface area contributed by atoms with Crippen molar-refractivity contribution in [1.82, 2.24) is 0 Å². The van der Waals surface area contributed by atoms with Crippen LogP contribution in [0.15, 0.2) is 12.1 Å². The van der Waals surface area contributed by atoms with Crippen LogP contribution in [0.1, 0.15) is 51.3 Å². The molecule has 0 amide bonds. The van der Waals surface area contributed by atoms with Crippen LogP contribution in [0.5, 0.6) is 5.75 Å². The van der Waals surface area contributed by atoms with E-state index in [1.807, 2.05) is 32.9 Å². The maximum atomic E-state index is 11.8. The zero-order valence-corrected chi connectivity index (χ0v) is 13.6. The summed E-state index contributed by atoms with van der Waals surface area (Å²) in [5.74, 6) is 0.123. The van der Waals surface area contributed by atoms with E-state index in [-0.39, 0.29) is 11.4 Å². The Bertz CT molecular complexity index is 508. The number of methoxy groups -OCH3 is 1. The van der Waals surface area contributed by atoms with Gasteiger partial charge in [-0.05, 0) is 49.3 Å². The quantitative estimate of drug-likeness (QED) is 0.857. The first kappa shape index (κ1) is 16.5. The highest BCUT2D eigenvalue weighted by atomic mass is 16.5. The summed E-state index contributed by atoms with van der Waals surface area (Å²) in [7, 11) is 1.41. The first-order chi connectivity index (χ1) is 8.99. The second-order valence-corrected chi connectivity index (χ2v) is 7.11. The largest absolute Gasteiger partial charge is 0.507 e. The molecule has 3 heteroatoms. The van der Waals surface area contributed by atoms with Gasteiger partial charge >= 0.3 is 5.97 Å². The molecule has 0 unspecified atom stereocenters. The topological polar surface area (TPSA) is 46.5 Å². The van der Waals surface area contributed by atoms with Gasteiger partial charge in [-0.3, -0.25) is 4.79 Å². The zero-order chi connectivity index (χ0) is 15.7. The Hall–Kier alpha value is -1.51. The van der Waals surface area contributed by atoms with Gasteiger partial charge in [0.2, 0.25) is 0 Å². The number of carbonyl (C=O) groups is 1. The van der Waals surface area contributed by atoms with Crippen molar-refractivity contribution in [3.8, 4) is 5.75 Å². The zero-order valence-electron chi connectivity index (χ0n) is 13.6. The molecule has 1 N–H and O–H groups in total. The van der Waals surface area contributed by atoms with Gasteiger partial charge in [0.25, 0.3) is 0 Å².